The van der Waals surface area contributed by atoms with Crippen molar-refractivity contribution in [2.24, 2.45) is 11.8 Å². The van der Waals surface area contributed by atoms with Gasteiger partial charge in [-0.2, -0.15) is 0 Å². The summed E-state index contributed by atoms with van der Waals surface area (Å²) in [6.07, 6.45) is 4.66. The van der Waals surface area contributed by atoms with E-state index in [-0.39, 0.29) is 18.5 Å². The Morgan fingerprint density at radius 3 is 1.97 bits per heavy atom. The fourth-order valence-corrected chi connectivity index (χ4v) is 6.38. The SMILES string of the molecule is Cc1cc(C)c(S(=O)(=O)N[C@H](/C=C/[C@H](Cc2ccccc2)C(=O)OCc2ccccc2)CC(C)C)c(C)c1. The van der Waals surface area contributed by atoms with Crippen LogP contribution >= 0.6 is 0 Å². The van der Waals surface area contributed by atoms with Gasteiger partial charge < -0.3 is 4.74 Å². The Morgan fingerprint density at radius 1 is 0.868 bits per heavy atom. The van der Waals surface area contributed by atoms with E-state index in [2.05, 4.69) is 4.72 Å². The van der Waals surface area contributed by atoms with Crippen molar-refractivity contribution in [1.29, 1.82) is 0 Å². The van der Waals surface area contributed by atoms with Crippen LogP contribution < -0.4 is 4.72 Å². The van der Waals surface area contributed by atoms with Gasteiger partial charge in [0.25, 0.3) is 0 Å². The summed E-state index contributed by atoms with van der Waals surface area (Å²) in [5.41, 5.74) is 4.38. The molecule has 3 aromatic rings. The number of carbonyl (C=O) groups excluding carboxylic acids is 1. The van der Waals surface area contributed by atoms with Crippen LogP contribution in [0.15, 0.2) is 89.8 Å². The molecule has 38 heavy (non-hydrogen) atoms. The minimum absolute atomic E-state index is 0.187. The van der Waals surface area contributed by atoms with Crippen LogP contribution in [0, 0.1) is 32.6 Å². The molecule has 0 aliphatic heterocycles. The molecule has 0 radical (unpaired) electrons. The Hall–Kier alpha value is -3.22. The molecule has 0 saturated carbocycles. The first-order valence-corrected chi connectivity index (χ1v) is 14.6. The van der Waals surface area contributed by atoms with Gasteiger partial charge in [0.1, 0.15) is 6.61 Å². The first-order valence-electron chi connectivity index (χ1n) is 13.1. The van der Waals surface area contributed by atoms with Crippen LogP contribution in [0.1, 0.15) is 48.1 Å². The molecule has 0 aliphatic carbocycles. The topological polar surface area (TPSA) is 72.5 Å². The summed E-state index contributed by atoms with van der Waals surface area (Å²) in [6, 6.07) is 22.6. The van der Waals surface area contributed by atoms with Crippen molar-refractivity contribution in [3.05, 3.63) is 113 Å². The molecule has 3 aromatic carbocycles. The van der Waals surface area contributed by atoms with Crippen LogP contribution in [0.5, 0.6) is 0 Å². The zero-order chi connectivity index (χ0) is 27.7. The van der Waals surface area contributed by atoms with Crippen LogP contribution in [0.2, 0.25) is 0 Å². The Balaban J connectivity index is 1.85. The van der Waals surface area contributed by atoms with Gasteiger partial charge in [-0.15, -0.1) is 0 Å². The molecule has 3 rings (SSSR count). The monoisotopic (exact) mass is 533 g/mol. The number of rotatable bonds is 12. The van der Waals surface area contributed by atoms with Crippen molar-refractivity contribution in [3.63, 3.8) is 0 Å². The molecule has 0 amide bonds. The average molecular weight is 534 g/mol. The summed E-state index contributed by atoms with van der Waals surface area (Å²) < 4.78 is 35.5. The standard InChI is InChI=1S/C32H39NO4S/c1-23(2)18-30(33-38(35,36)31-25(4)19-24(3)20-26(31)5)17-16-29(21-27-12-8-6-9-13-27)32(34)37-22-28-14-10-7-11-15-28/h6-17,19-20,23,29-30,33H,18,21-22H2,1-5H3/b17-16+/t29-,30-/m1/s1. The summed E-state index contributed by atoms with van der Waals surface area (Å²) in [7, 11) is -3.77. The molecule has 0 fully saturated rings. The van der Waals surface area contributed by atoms with Gasteiger partial charge in [-0.1, -0.05) is 104 Å². The Morgan fingerprint density at radius 2 is 1.42 bits per heavy atom. The second-order valence-corrected chi connectivity index (χ2v) is 12.0. The number of carbonyl (C=O) groups is 1. The van der Waals surface area contributed by atoms with Gasteiger partial charge in [0, 0.05) is 6.04 Å². The summed E-state index contributed by atoms with van der Waals surface area (Å²) in [5.74, 6) is -0.654. The van der Waals surface area contributed by atoms with E-state index in [4.69, 9.17) is 4.74 Å². The number of aryl methyl sites for hydroxylation is 3. The van der Waals surface area contributed by atoms with Crippen LogP contribution in [0.3, 0.4) is 0 Å². The molecule has 0 aromatic heterocycles. The number of benzene rings is 3. The van der Waals surface area contributed by atoms with Gasteiger partial charge in [0.05, 0.1) is 10.8 Å². The minimum atomic E-state index is -3.77. The number of esters is 1. The van der Waals surface area contributed by atoms with E-state index in [1.807, 2.05) is 113 Å². The third-order valence-electron chi connectivity index (χ3n) is 6.31. The molecular weight excluding hydrogens is 494 g/mol. The Kier molecular flexibility index (Phi) is 10.5. The highest BCUT2D eigenvalue weighted by Crippen LogP contribution is 2.23. The lowest BCUT2D eigenvalue weighted by molar-refractivity contribution is -0.148. The molecule has 202 valence electrons. The summed E-state index contributed by atoms with van der Waals surface area (Å²) in [4.78, 5) is 13.5. The van der Waals surface area contributed by atoms with Gasteiger partial charge in [0.15, 0.2) is 0 Å². The predicted molar refractivity (Wildman–Crippen MR) is 153 cm³/mol. The maximum Gasteiger partial charge on any atom is 0.313 e. The van der Waals surface area contributed by atoms with Crippen LogP contribution in [-0.2, 0) is 32.6 Å². The van der Waals surface area contributed by atoms with Crippen LogP contribution in [-0.4, -0.2) is 20.4 Å². The van der Waals surface area contributed by atoms with Crippen molar-refractivity contribution in [2.75, 3.05) is 0 Å². The number of sulfonamides is 1. The molecule has 2 atom stereocenters. The zero-order valence-electron chi connectivity index (χ0n) is 23.0. The molecular formula is C32H39NO4S. The Bertz CT molecular complexity index is 1310. The highest BCUT2D eigenvalue weighted by molar-refractivity contribution is 7.89. The largest absolute Gasteiger partial charge is 0.460 e. The lowest BCUT2D eigenvalue weighted by Gasteiger charge is -2.21. The average Bonchev–Trinajstić information content (AvgIpc) is 2.84. The minimum Gasteiger partial charge on any atom is -0.460 e. The van der Waals surface area contributed by atoms with Crippen molar-refractivity contribution >= 4 is 16.0 Å². The second kappa shape index (κ2) is 13.5. The lowest BCUT2D eigenvalue weighted by atomic mass is 9.96. The lowest BCUT2D eigenvalue weighted by Crippen LogP contribution is -2.35. The molecule has 0 heterocycles. The van der Waals surface area contributed by atoms with Gasteiger partial charge in [0.2, 0.25) is 10.0 Å². The maximum atomic E-state index is 13.5. The fourth-order valence-electron chi connectivity index (χ4n) is 4.72. The quantitative estimate of drug-likeness (QED) is 0.214. The fraction of sp³-hybridized carbons (Fsp3) is 0.344. The van der Waals surface area contributed by atoms with Crippen molar-refractivity contribution < 1.29 is 17.9 Å². The summed E-state index contributed by atoms with van der Waals surface area (Å²) >= 11 is 0. The molecule has 0 spiro atoms. The first-order chi connectivity index (χ1) is 18.0. The van der Waals surface area contributed by atoms with Crippen LogP contribution in [0.4, 0.5) is 0 Å². The number of ether oxygens (including phenoxy) is 1. The van der Waals surface area contributed by atoms with E-state index in [1.54, 1.807) is 6.08 Å². The number of hydrogen-bond donors (Lipinski definition) is 1. The zero-order valence-corrected chi connectivity index (χ0v) is 23.8. The normalized spacial score (nSPS) is 13.5. The summed E-state index contributed by atoms with van der Waals surface area (Å²) in [6.45, 7) is 9.88. The molecule has 0 aliphatic rings. The van der Waals surface area contributed by atoms with Crippen molar-refractivity contribution in [1.82, 2.24) is 4.72 Å². The van der Waals surface area contributed by atoms with E-state index in [0.29, 0.717) is 28.9 Å². The molecule has 0 saturated heterocycles. The highest BCUT2D eigenvalue weighted by atomic mass is 32.2. The third kappa shape index (κ3) is 8.67. The predicted octanol–water partition coefficient (Wildman–Crippen LogP) is 6.46. The molecule has 0 unspecified atom stereocenters. The van der Waals surface area contributed by atoms with E-state index in [9.17, 15) is 13.2 Å². The highest BCUT2D eigenvalue weighted by Gasteiger charge is 2.25. The third-order valence-corrected chi connectivity index (χ3v) is 8.10. The molecule has 6 heteroatoms. The number of nitrogens with one attached hydrogen (secondary N) is 1. The smallest absolute Gasteiger partial charge is 0.313 e. The maximum absolute atomic E-state index is 13.5. The van der Waals surface area contributed by atoms with E-state index < -0.39 is 22.0 Å². The Labute approximate surface area is 228 Å². The number of hydrogen-bond acceptors (Lipinski definition) is 4. The van der Waals surface area contributed by atoms with Gasteiger partial charge in [-0.05, 0) is 61.8 Å². The van der Waals surface area contributed by atoms with E-state index in [0.717, 1.165) is 16.7 Å². The molecule has 0 bridgehead atoms. The van der Waals surface area contributed by atoms with E-state index in [1.165, 1.54) is 0 Å². The van der Waals surface area contributed by atoms with E-state index >= 15 is 0 Å². The molecule has 5 nitrogen and oxygen atoms in total. The van der Waals surface area contributed by atoms with Gasteiger partial charge in [-0.3, -0.25) is 4.79 Å². The first kappa shape index (κ1) is 29.3. The van der Waals surface area contributed by atoms with Gasteiger partial charge in [-0.25, -0.2) is 13.1 Å². The second-order valence-electron chi connectivity index (χ2n) is 10.4. The molecule has 1 N–H and O–H groups in total. The van der Waals surface area contributed by atoms with Crippen LogP contribution in [0.25, 0.3) is 0 Å². The van der Waals surface area contributed by atoms with Crippen molar-refractivity contribution in [3.8, 4) is 0 Å². The van der Waals surface area contributed by atoms with Gasteiger partial charge >= 0.3 is 5.97 Å². The summed E-state index contributed by atoms with van der Waals surface area (Å²) in [5, 5.41) is 0. The van der Waals surface area contributed by atoms with Crippen molar-refractivity contribution in [2.45, 2.75) is 65.0 Å².